The molecule has 110 valence electrons. The summed E-state index contributed by atoms with van der Waals surface area (Å²) in [5.74, 6) is 1.88. The van der Waals surface area contributed by atoms with Crippen molar-refractivity contribution in [3.8, 4) is 0 Å². The molecule has 0 spiro atoms. The molecule has 1 N–H and O–H groups in total. The Balaban J connectivity index is 2.49. The number of hydrogen-bond acceptors (Lipinski definition) is 4. The van der Waals surface area contributed by atoms with Gasteiger partial charge in [0, 0.05) is 18.2 Å². The third kappa shape index (κ3) is 6.23. The molecule has 0 bridgehead atoms. The van der Waals surface area contributed by atoms with Crippen LogP contribution in [0.4, 0.5) is 0 Å². The summed E-state index contributed by atoms with van der Waals surface area (Å²) >= 11 is 0. The number of rotatable bonds is 7. The molecular formula is C15H27NO3. The number of hydrogen-bond donors (Lipinski definition) is 1. The molecule has 0 aliphatic rings. The lowest BCUT2D eigenvalue weighted by atomic mass is 10.1. The lowest BCUT2D eigenvalue weighted by molar-refractivity contribution is -0.000505. The quantitative estimate of drug-likeness (QED) is 0.826. The number of methoxy groups -OCH3 is 1. The van der Waals surface area contributed by atoms with Gasteiger partial charge in [-0.15, -0.1) is 0 Å². The van der Waals surface area contributed by atoms with Crippen molar-refractivity contribution in [2.75, 3.05) is 13.7 Å². The van der Waals surface area contributed by atoms with Crippen molar-refractivity contribution < 1.29 is 13.9 Å². The second kappa shape index (κ2) is 7.08. The topological polar surface area (TPSA) is 43.6 Å². The van der Waals surface area contributed by atoms with Crippen LogP contribution in [0.3, 0.4) is 0 Å². The summed E-state index contributed by atoms with van der Waals surface area (Å²) in [6, 6.07) is 2.06. The first kappa shape index (κ1) is 16.2. The zero-order chi connectivity index (χ0) is 14.5. The predicted octanol–water partition coefficient (Wildman–Crippen LogP) is 3.03. The zero-order valence-corrected chi connectivity index (χ0v) is 13.0. The molecule has 1 unspecified atom stereocenters. The molecule has 1 atom stereocenters. The van der Waals surface area contributed by atoms with E-state index in [4.69, 9.17) is 13.9 Å². The van der Waals surface area contributed by atoms with E-state index in [1.807, 2.05) is 13.8 Å². The lowest BCUT2D eigenvalue weighted by Crippen LogP contribution is -2.34. The number of furan rings is 1. The van der Waals surface area contributed by atoms with Crippen LogP contribution in [0, 0.1) is 6.92 Å². The molecular weight excluding hydrogens is 242 g/mol. The van der Waals surface area contributed by atoms with E-state index in [1.165, 1.54) is 0 Å². The monoisotopic (exact) mass is 269 g/mol. The fraction of sp³-hybridized carbons (Fsp3) is 0.733. The van der Waals surface area contributed by atoms with Gasteiger partial charge in [-0.25, -0.2) is 0 Å². The van der Waals surface area contributed by atoms with Crippen molar-refractivity contribution in [3.63, 3.8) is 0 Å². The van der Waals surface area contributed by atoms with Crippen LogP contribution in [0.1, 0.15) is 44.8 Å². The summed E-state index contributed by atoms with van der Waals surface area (Å²) in [6.45, 7) is 12.3. The third-order valence-corrected chi connectivity index (χ3v) is 2.79. The second-order valence-electron chi connectivity index (χ2n) is 5.97. The summed E-state index contributed by atoms with van der Waals surface area (Å²) in [5, 5.41) is 3.41. The van der Waals surface area contributed by atoms with Gasteiger partial charge in [0.15, 0.2) is 0 Å². The maximum Gasteiger partial charge on any atom is 0.118 e. The van der Waals surface area contributed by atoms with Gasteiger partial charge in [0.2, 0.25) is 0 Å². The largest absolute Gasteiger partial charge is 0.465 e. The average molecular weight is 269 g/mol. The van der Waals surface area contributed by atoms with E-state index in [0.717, 1.165) is 23.6 Å². The van der Waals surface area contributed by atoms with E-state index < -0.39 is 0 Å². The van der Waals surface area contributed by atoms with Crippen molar-refractivity contribution in [3.05, 3.63) is 23.2 Å². The van der Waals surface area contributed by atoms with Crippen molar-refractivity contribution in [1.82, 2.24) is 5.32 Å². The Morgan fingerprint density at radius 2 is 2.05 bits per heavy atom. The molecule has 0 radical (unpaired) electrons. The Kier molecular flexibility index (Phi) is 6.04. The first-order chi connectivity index (χ1) is 8.81. The standard InChI is InChI=1S/C15H27NO3/c1-11(9-17-6)18-10-13-7-14(19-12(13)2)8-16-15(3,4)5/h7,11,16H,8-10H2,1-6H3. The normalized spacial score (nSPS) is 13.8. The van der Waals surface area contributed by atoms with Crippen LogP contribution in [0.25, 0.3) is 0 Å². The van der Waals surface area contributed by atoms with Gasteiger partial charge in [-0.2, -0.15) is 0 Å². The molecule has 0 amide bonds. The van der Waals surface area contributed by atoms with Gasteiger partial charge >= 0.3 is 0 Å². The molecule has 1 aromatic heterocycles. The van der Waals surface area contributed by atoms with Gasteiger partial charge in [-0.05, 0) is 40.7 Å². The molecule has 4 heteroatoms. The summed E-state index contributed by atoms with van der Waals surface area (Å²) in [5.41, 5.74) is 1.19. The van der Waals surface area contributed by atoms with Crippen molar-refractivity contribution >= 4 is 0 Å². The van der Waals surface area contributed by atoms with Crippen LogP contribution in [0.5, 0.6) is 0 Å². The highest BCUT2D eigenvalue weighted by atomic mass is 16.5. The highest BCUT2D eigenvalue weighted by Gasteiger charge is 2.13. The zero-order valence-electron chi connectivity index (χ0n) is 13.0. The number of aryl methyl sites for hydroxylation is 1. The predicted molar refractivity (Wildman–Crippen MR) is 76.2 cm³/mol. The van der Waals surface area contributed by atoms with Gasteiger partial charge < -0.3 is 19.2 Å². The second-order valence-corrected chi connectivity index (χ2v) is 5.97. The molecule has 1 heterocycles. The molecule has 0 aliphatic heterocycles. The number of ether oxygens (including phenoxy) is 2. The Hall–Kier alpha value is -0.840. The average Bonchev–Trinajstić information content (AvgIpc) is 2.64. The maximum absolute atomic E-state index is 5.73. The Labute approximate surface area is 116 Å². The van der Waals surface area contributed by atoms with E-state index in [-0.39, 0.29) is 11.6 Å². The van der Waals surface area contributed by atoms with E-state index >= 15 is 0 Å². The Morgan fingerprint density at radius 1 is 1.37 bits per heavy atom. The third-order valence-electron chi connectivity index (χ3n) is 2.79. The fourth-order valence-electron chi connectivity index (χ4n) is 1.69. The molecule has 4 nitrogen and oxygen atoms in total. The molecule has 1 rings (SSSR count). The minimum absolute atomic E-state index is 0.0876. The molecule has 0 aliphatic carbocycles. The van der Waals surface area contributed by atoms with Crippen molar-refractivity contribution in [2.24, 2.45) is 0 Å². The lowest BCUT2D eigenvalue weighted by Gasteiger charge is -2.19. The Bertz CT molecular complexity index is 379. The molecule has 19 heavy (non-hydrogen) atoms. The van der Waals surface area contributed by atoms with E-state index in [0.29, 0.717) is 13.2 Å². The summed E-state index contributed by atoms with van der Waals surface area (Å²) in [4.78, 5) is 0. The highest BCUT2D eigenvalue weighted by molar-refractivity contribution is 5.20. The molecule has 0 saturated heterocycles. The fourth-order valence-corrected chi connectivity index (χ4v) is 1.69. The van der Waals surface area contributed by atoms with Crippen molar-refractivity contribution in [2.45, 2.75) is 59.4 Å². The van der Waals surface area contributed by atoms with Gasteiger partial charge in [0.1, 0.15) is 11.5 Å². The SMILES string of the molecule is COCC(C)OCc1cc(CNC(C)(C)C)oc1C. The first-order valence-electron chi connectivity index (χ1n) is 6.75. The smallest absolute Gasteiger partial charge is 0.118 e. The van der Waals surface area contributed by atoms with Gasteiger partial charge in [0.25, 0.3) is 0 Å². The minimum Gasteiger partial charge on any atom is -0.465 e. The van der Waals surface area contributed by atoms with Crippen LogP contribution in [-0.2, 0) is 22.6 Å². The first-order valence-corrected chi connectivity index (χ1v) is 6.75. The van der Waals surface area contributed by atoms with Crippen LogP contribution >= 0.6 is 0 Å². The van der Waals surface area contributed by atoms with E-state index in [1.54, 1.807) is 7.11 Å². The number of nitrogens with one attached hydrogen (secondary N) is 1. The van der Waals surface area contributed by atoms with Crippen LogP contribution in [0.2, 0.25) is 0 Å². The molecule has 0 fully saturated rings. The molecule has 1 aromatic rings. The van der Waals surface area contributed by atoms with Gasteiger partial charge in [-0.1, -0.05) is 0 Å². The van der Waals surface area contributed by atoms with Crippen molar-refractivity contribution in [1.29, 1.82) is 0 Å². The minimum atomic E-state index is 0.0876. The summed E-state index contributed by atoms with van der Waals surface area (Å²) < 4.78 is 16.5. The summed E-state index contributed by atoms with van der Waals surface area (Å²) in [6.07, 6.45) is 0.0930. The molecule has 0 saturated carbocycles. The van der Waals surface area contributed by atoms with Gasteiger partial charge in [-0.3, -0.25) is 0 Å². The van der Waals surface area contributed by atoms with Crippen LogP contribution in [-0.4, -0.2) is 25.4 Å². The molecule has 0 aromatic carbocycles. The Morgan fingerprint density at radius 3 is 2.63 bits per heavy atom. The highest BCUT2D eigenvalue weighted by Crippen LogP contribution is 2.17. The van der Waals surface area contributed by atoms with Gasteiger partial charge in [0.05, 0.1) is 25.9 Å². The summed E-state index contributed by atoms with van der Waals surface area (Å²) in [7, 11) is 1.68. The maximum atomic E-state index is 5.73. The van der Waals surface area contributed by atoms with E-state index in [9.17, 15) is 0 Å². The van der Waals surface area contributed by atoms with E-state index in [2.05, 4.69) is 32.2 Å². The van der Waals surface area contributed by atoms with Crippen LogP contribution < -0.4 is 5.32 Å². The van der Waals surface area contributed by atoms with Crippen LogP contribution in [0.15, 0.2) is 10.5 Å².